The van der Waals surface area contributed by atoms with Gasteiger partial charge in [0.2, 0.25) is 0 Å². The van der Waals surface area contributed by atoms with E-state index in [4.69, 9.17) is 4.74 Å². The van der Waals surface area contributed by atoms with E-state index in [-0.39, 0.29) is 5.78 Å². The Morgan fingerprint density at radius 3 is 2.00 bits per heavy atom. The molecule has 2 rings (SSSR count). The van der Waals surface area contributed by atoms with Crippen molar-refractivity contribution in [2.75, 3.05) is 7.11 Å². The molecule has 2 aromatic carbocycles. The number of methoxy groups -OCH3 is 1. The maximum absolute atomic E-state index is 12.0. The van der Waals surface area contributed by atoms with E-state index < -0.39 is 0 Å². The minimum atomic E-state index is 0.0308. The third-order valence-electron chi connectivity index (χ3n) is 2.39. The van der Waals surface area contributed by atoms with E-state index in [0.29, 0.717) is 11.1 Å². The van der Waals surface area contributed by atoms with Crippen LogP contribution in [0.2, 0.25) is 0 Å². The molecule has 0 fully saturated rings. The number of ketones is 1. The van der Waals surface area contributed by atoms with Crippen LogP contribution in [0.3, 0.4) is 0 Å². The summed E-state index contributed by atoms with van der Waals surface area (Å²) in [5.74, 6) is 0.785. The number of hydrogen-bond acceptors (Lipinski definition) is 2. The van der Waals surface area contributed by atoms with Gasteiger partial charge in [0.25, 0.3) is 0 Å². The highest BCUT2D eigenvalue weighted by Gasteiger charge is 2.07. The van der Waals surface area contributed by atoms with Crippen LogP contribution in [0.25, 0.3) is 0 Å². The van der Waals surface area contributed by atoms with E-state index in [0.717, 1.165) is 5.75 Å². The second-order valence-electron chi connectivity index (χ2n) is 3.42. The molecule has 0 unspecified atom stereocenters. The molecule has 0 aromatic heterocycles. The Hall–Kier alpha value is -2.09. The molecule has 0 aliphatic heterocycles. The monoisotopic (exact) mass is 214 g/mol. The summed E-state index contributed by atoms with van der Waals surface area (Å²) in [6.45, 7) is 0. The number of benzene rings is 2. The highest BCUT2D eigenvalue weighted by molar-refractivity contribution is 6.08. The lowest BCUT2D eigenvalue weighted by Gasteiger charge is -2.02. The molecular formula is C14H12O2. The number of rotatable bonds is 3. The lowest BCUT2D eigenvalue weighted by molar-refractivity contribution is 0.103. The minimum Gasteiger partial charge on any atom is -0.497 e. The van der Waals surface area contributed by atoms with Crippen LogP contribution in [0.4, 0.5) is 0 Å². The fourth-order valence-electron chi connectivity index (χ4n) is 1.50. The lowest BCUT2D eigenvalue weighted by atomic mass is 10.2. The fraction of sp³-hybridized carbons (Fsp3) is 0.0714. The average molecular weight is 214 g/mol. The molecule has 0 aliphatic rings. The maximum Gasteiger partial charge on any atom is 0.193 e. The summed E-state index contributed by atoms with van der Waals surface area (Å²) in [5, 5.41) is 0. The zero-order chi connectivity index (χ0) is 11.4. The van der Waals surface area contributed by atoms with Crippen molar-refractivity contribution >= 4 is 5.78 Å². The molecule has 0 saturated heterocycles. The van der Waals surface area contributed by atoms with Gasteiger partial charge < -0.3 is 4.74 Å². The highest BCUT2D eigenvalue weighted by atomic mass is 16.5. The Morgan fingerprint density at radius 1 is 0.875 bits per heavy atom. The molecule has 0 bridgehead atoms. The molecule has 0 radical (unpaired) electrons. The van der Waals surface area contributed by atoms with Gasteiger partial charge in [-0.05, 0) is 24.3 Å². The lowest BCUT2D eigenvalue weighted by Crippen LogP contribution is -2.00. The van der Waals surface area contributed by atoms with E-state index in [1.807, 2.05) is 30.3 Å². The van der Waals surface area contributed by atoms with E-state index in [9.17, 15) is 4.79 Å². The molecule has 0 N–H and O–H groups in total. The van der Waals surface area contributed by atoms with Gasteiger partial charge in [-0.3, -0.25) is 4.79 Å². The minimum absolute atomic E-state index is 0.0308. The smallest absolute Gasteiger partial charge is 0.193 e. The molecular weight excluding hydrogens is 202 g/mol. The van der Waals surface area contributed by atoms with Gasteiger partial charge in [0.1, 0.15) is 5.75 Å². The van der Waals surface area contributed by atoms with Crippen LogP contribution >= 0.6 is 0 Å². The summed E-state index contributed by atoms with van der Waals surface area (Å²) in [7, 11) is 1.61. The highest BCUT2D eigenvalue weighted by Crippen LogP contribution is 2.14. The molecule has 0 atom stereocenters. The van der Waals surface area contributed by atoms with Gasteiger partial charge in [0, 0.05) is 11.1 Å². The maximum atomic E-state index is 12.0. The first-order valence-corrected chi connectivity index (χ1v) is 5.05. The Morgan fingerprint density at radius 2 is 1.44 bits per heavy atom. The Bertz CT molecular complexity index is 472. The molecule has 16 heavy (non-hydrogen) atoms. The predicted octanol–water partition coefficient (Wildman–Crippen LogP) is 2.93. The molecule has 0 amide bonds. The van der Waals surface area contributed by atoms with Crippen molar-refractivity contribution in [2.24, 2.45) is 0 Å². The van der Waals surface area contributed by atoms with Crippen molar-refractivity contribution in [3.8, 4) is 5.75 Å². The van der Waals surface area contributed by atoms with Gasteiger partial charge in [-0.15, -0.1) is 0 Å². The molecule has 0 heterocycles. The van der Waals surface area contributed by atoms with E-state index in [1.165, 1.54) is 0 Å². The number of ether oxygens (including phenoxy) is 1. The molecule has 2 nitrogen and oxygen atoms in total. The van der Waals surface area contributed by atoms with Crippen molar-refractivity contribution in [3.05, 3.63) is 65.7 Å². The molecule has 2 aromatic rings. The third-order valence-corrected chi connectivity index (χ3v) is 2.39. The third kappa shape index (κ3) is 2.11. The van der Waals surface area contributed by atoms with Crippen molar-refractivity contribution in [1.82, 2.24) is 0 Å². The first-order valence-electron chi connectivity index (χ1n) is 5.05. The summed E-state index contributed by atoms with van der Waals surface area (Å²) < 4.78 is 5.04. The SMILES string of the molecule is COc1ccc([14C](=O)c2ccccc2)cc1. The van der Waals surface area contributed by atoms with Crippen LogP contribution in [-0.4, -0.2) is 12.9 Å². The first-order chi connectivity index (χ1) is 7.81. The van der Waals surface area contributed by atoms with Crippen molar-refractivity contribution in [2.45, 2.75) is 0 Å². The van der Waals surface area contributed by atoms with E-state index >= 15 is 0 Å². The molecule has 0 spiro atoms. The van der Waals surface area contributed by atoms with Crippen LogP contribution in [0.5, 0.6) is 5.75 Å². The van der Waals surface area contributed by atoms with Gasteiger partial charge in [-0.2, -0.15) is 0 Å². The van der Waals surface area contributed by atoms with Crippen LogP contribution in [0.15, 0.2) is 54.6 Å². The number of carbonyl (C=O) groups is 1. The van der Waals surface area contributed by atoms with Crippen LogP contribution < -0.4 is 4.74 Å². The summed E-state index contributed by atoms with van der Waals surface area (Å²) in [6.07, 6.45) is 0. The average Bonchev–Trinajstić information content (AvgIpc) is 2.39. The predicted molar refractivity (Wildman–Crippen MR) is 62.9 cm³/mol. The number of carbonyl (C=O) groups excluding carboxylic acids is 1. The van der Waals surface area contributed by atoms with Crippen LogP contribution in [0, 0.1) is 0 Å². The van der Waals surface area contributed by atoms with Gasteiger partial charge in [-0.25, -0.2) is 0 Å². The Kier molecular flexibility index (Phi) is 3.01. The molecule has 2 heteroatoms. The zero-order valence-electron chi connectivity index (χ0n) is 9.01. The van der Waals surface area contributed by atoms with Gasteiger partial charge in [0.15, 0.2) is 5.78 Å². The van der Waals surface area contributed by atoms with Crippen LogP contribution in [-0.2, 0) is 0 Å². The standard InChI is InChI=1S/C14H12O2/c1-16-13-9-7-12(8-10-13)14(15)11-5-3-2-4-6-11/h2-10H,1H3/i14+2. The van der Waals surface area contributed by atoms with Crippen molar-refractivity contribution in [1.29, 1.82) is 0 Å². The van der Waals surface area contributed by atoms with E-state index in [1.54, 1.807) is 31.4 Å². The summed E-state index contributed by atoms with van der Waals surface area (Å²) in [6, 6.07) is 16.4. The molecule has 80 valence electrons. The summed E-state index contributed by atoms with van der Waals surface area (Å²) in [4.78, 5) is 12.0. The second kappa shape index (κ2) is 4.62. The summed E-state index contributed by atoms with van der Waals surface area (Å²) in [5.41, 5.74) is 1.37. The Balaban J connectivity index is 2.28. The number of hydrogen-bond donors (Lipinski definition) is 0. The summed E-state index contributed by atoms with van der Waals surface area (Å²) >= 11 is 0. The van der Waals surface area contributed by atoms with Gasteiger partial charge >= 0.3 is 0 Å². The van der Waals surface area contributed by atoms with Crippen molar-refractivity contribution in [3.63, 3.8) is 0 Å². The first kappa shape index (κ1) is 10.4. The molecule has 0 aliphatic carbocycles. The van der Waals surface area contributed by atoms with E-state index in [2.05, 4.69) is 0 Å². The van der Waals surface area contributed by atoms with Crippen LogP contribution in [0.1, 0.15) is 15.9 Å². The Labute approximate surface area is 94.5 Å². The zero-order valence-corrected chi connectivity index (χ0v) is 9.01. The fourth-order valence-corrected chi connectivity index (χ4v) is 1.50. The topological polar surface area (TPSA) is 26.3 Å². The quantitative estimate of drug-likeness (QED) is 0.734. The molecule has 0 saturated carbocycles. The van der Waals surface area contributed by atoms with Crippen molar-refractivity contribution < 1.29 is 9.53 Å². The largest absolute Gasteiger partial charge is 0.497 e. The second-order valence-corrected chi connectivity index (χ2v) is 3.42. The normalized spacial score (nSPS) is 9.81. The van der Waals surface area contributed by atoms with Gasteiger partial charge in [0.05, 0.1) is 7.11 Å². The van der Waals surface area contributed by atoms with Gasteiger partial charge in [-0.1, -0.05) is 30.3 Å².